The molecule has 0 saturated carbocycles. The number of carbonyl (C=O) groups excluding carboxylic acids is 1. The largest absolute Gasteiger partial charge is 0.304 e. The van der Waals surface area contributed by atoms with E-state index < -0.39 is 0 Å². The Morgan fingerprint density at radius 3 is 2.41 bits per heavy atom. The normalized spacial score (nSPS) is 16.6. The summed E-state index contributed by atoms with van der Waals surface area (Å²) in [7, 11) is 2.12. The summed E-state index contributed by atoms with van der Waals surface area (Å²) < 4.78 is 0. The molecule has 0 radical (unpaired) electrons. The molecule has 1 aromatic carbocycles. The van der Waals surface area contributed by atoms with Gasteiger partial charge in [0, 0.05) is 44.1 Å². The van der Waals surface area contributed by atoms with Crippen molar-refractivity contribution in [2.24, 2.45) is 0 Å². The molecule has 2 heterocycles. The average molecular weight is 295 g/mol. The maximum atomic E-state index is 12.4. The highest BCUT2D eigenvalue weighted by Crippen LogP contribution is 2.18. The van der Waals surface area contributed by atoms with E-state index in [-0.39, 0.29) is 5.78 Å². The minimum absolute atomic E-state index is 0.197. The van der Waals surface area contributed by atoms with E-state index in [4.69, 9.17) is 0 Å². The number of pyridine rings is 1. The zero-order chi connectivity index (χ0) is 15.4. The Morgan fingerprint density at radius 2 is 1.77 bits per heavy atom. The van der Waals surface area contributed by atoms with Crippen LogP contribution in [-0.4, -0.2) is 60.3 Å². The van der Waals surface area contributed by atoms with Crippen molar-refractivity contribution in [1.82, 2.24) is 14.8 Å². The van der Waals surface area contributed by atoms with E-state index in [1.54, 1.807) is 6.20 Å². The Morgan fingerprint density at radius 1 is 1.05 bits per heavy atom. The zero-order valence-corrected chi connectivity index (χ0v) is 12.9. The highest BCUT2D eigenvalue weighted by atomic mass is 16.1. The summed E-state index contributed by atoms with van der Waals surface area (Å²) >= 11 is 0. The molecule has 0 unspecified atom stereocenters. The number of piperazine rings is 1. The van der Waals surface area contributed by atoms with Crippen LogP contribution in [-0.2, 0) is 0 Å². The molecule has 0 spiro atoms. The second kappa shape index (κ2) is 6.81. The summed E-state index contributed by atoms with van der Waals surface area (Å²) in [5, 5.41) is 0. The smallest absolute Gasteiger partial charge is 0.176 e. The van der Waals surface area contributed by atoms with Gasteiger partial charge < -0.3 is 4.90 Å². The van der Waals surface area contributed by atoms with E-state index >= 15 is 0 Å². The lowest BCUT2D eigenvalue weighted by Gasteiger charge is -2.31. The fourth-order valence-electron chi connectivity index (χ4n) is 2.68. The number of nitrogens with zero attached hydrogens (tertiary/aromatic N) is 3. The van der Waals surface area contributed by atoms with Crippen LogP contribution in [0.1, 0.15) is 10.4 Å². The molecule has 1 saturated heterocycles. The topological polar surface area (TPSA) is 36.4 Å². The first-order valence-corrected chi connectivity index (χ1v) is 7.67. The molecular weight excluding hydrogens is 274 g/mol. The number of carbonyl (C=O) groups is 1. The van der Waals surface area contributed by atoms with Crippen LogP contribution in [0.5, 0.6) is 0 Å². The lowest BCUT2D eigenvalue weighted by molar-refractivity contribution is 0.0876. The third kappa shape index (κ3) is 3.59. The van der Waals surface area contributed by atoms with Gasteiger partial charge in [0.05, 0.1) is 6.54 Å². The SMILES string of the molecule is CN1CCN(CC(=O)c2ccc(-c3cccnc3)cc2)CC1. The lowest BCUT2D eigenvalue weighted by Crippen LogP contribution is -2.46. The number of aromatic nitrogens is 1. The Labute approximate surface area is 131 Å². The summed E-state index contributed by atoms with van der Waals surface area (Å²) in [6.45, 7) is 4.52. The zero-order valence-electron chi connectivity index (χ0n) is 12.9. The molecular formula is C18H21N3O. The summed E-state index contributed by atoms with van der Waals surface area (Å²) in [4.78, 5) is 21.0. The number of benzene rings is 1. The molecule has 4 nitrogen and oxygen atoms in total. The Balaban J connectivity index is 1.64. The van der Waals surface area contributed by atoms with Crippen molar-refractivity contribution in [2.75, 3.05) is 39.8 Å². The minimum Gasteiger partial charge on any atom is -0.304 e. The highest BCUT2D eigenvalue weighted by Gasteiger charge is 2.17. The monoisotopic (exact) mass is 295 g/mol. The summed E-state index contributed by atoms with van der Waals surface area (Å²) in [6.07, 6.45) is 3.60. The summed E-state index contributed by atoms with van der Waals surface area (Å²) in [5.74, 6) is 0.197. The van der Waals surface area contributed by atoms with Crippen molar-refractivity contribution in [2.45, 2.75) is 0 Å². The van der Waals surface area contributed by atoms with E-state index in [9.17, 15) is 4.79 Å². The summed E-state index contributed by atoms with van der Waals surface area (Å²) in [6, 6.07) is 11.8. The standard InChI is InChI=1S/C18H21N3O/c1-20-9-11-21(12-10-20)14-18(22)16-6-4-15(5-7-16)17-3-2-8-19-13-17/h2-8,13H,9-12,14H2,1H3. The van der Waals surface area contributed by atoms with Crippen molar-refractivity contribution in [3.63, 3.8) is 0 Å². The van der Waals surface area contributed by atoms with Gasteiger partial charge in [-0.3, -0.25) is 14.7 Å². The first-order valence-electron chi connectivity index (χ1n) is 7.67. The molecule has 22 heavy (non-hydrogen) atoms. The van der Waals surface area contributed by atoms with Gasteiger partial charge in [0.1, 0.15) is 0 Å². The van der Waals surface area contributed by atoms with Crippen LogP contribution in [0.4, 0.5) is 0 Å². The van der Waals surface area contributed by atoms with E-state index in [2.05, 4.69) is 21.8 Å². The minimum atomic E-state index is 0.197. The molecule has 4 heteroatoms. The number of ketones is 1. The predicted octanol–water partition coefficient (Wildman–Crippen LogP) is 2.18. The van der Waals surface area contributed by atoms with Crippen molar-refractivity contribution >= 4 is 5.78 Å². The maximum Gasteiger partial charge on any atom is 0.176 e. The van der Waals surface area contributed by atoms with Crippen LogP contribution in [0.3, 0.4) is 0 Å². The molecule has 0 aliphatic carbocycles. The second-order valence-corrected chi connectivity index (χ2v) is 5.82. The van der Waals surface area contributed by atoms with Gasteiger partial charge >= 0.3 is 0 Å². The third-order valence-electron chi connectivity index (χ3n) is 4.16. The van der Waals surface area contributed by atoms with Crippen molar-refractivity contribution in [3.8, 4) is 11.1 Å². The Bertz CT molecular complexity index is 617. The molecule has 0 bridgehead atoms. The van der Waals surface area contributed by atoms with Crippen molar-refractivity contribution in [3.05, 3.63) is 54.4 Å². The molecule has 2 aromatic rings. The first-order chi connectivity index (χ1) is 10.7. The van der Waals surface area contributed by atoms with Gasteiger partial charge in [0.25, 0.3) is 0 Å². The number of hydrogen-bond donors (Lipinski definition) is 0. The van der Waals surface area contributed by atoms with Crippen LogP contribution in [0.2, 0.25) is 0 Å². The lowest BCUT2D eigenvalue weighted by atomic mass is 10.0. The van der Waals surface area contributed by atoms with Gasteiger partial charge in [-0.1, -0.05) is 30.3 Å². The molecule has 0 N–H and O–H groups in total. The maximum absolute atomic E-state index is 12.4. The van der Waals surface area contributed by atoms with E-state index in [0.29, 0.717) is 6.54 Å². The number of hydrogen-bond acceptors (Lipinski definition) is 4. The molecule has 0 amide bonds. The average Bonchev–Trinajstić information content (AvgIpc) is 2.58. The summed E-state index contributed by atoms with van der Waals surface area (Å²) in [5.41, 5.74) is 2.94. The highest BCUT2D eigenvalue weighted by molar-refractivity contribution is 5.98. The van der Waals surface area contributed by atoms with E-state index in [1.807, 2.05) is 42.6 Å². The van der Waals surface area contributed by atoms with Gasteiger partial charge in [-0.2, -0.15) is 0 Å². The van der Waals surface area contributed by atoms with Crippen LogP contribution < -0.4 is 0 Å². The molecule has 3 rings (SSSR count). The quantitative estimate of drug-likeness (QED) is 0.810. The van der Waals surface area contributed by atoms with E-state index in [0.717, 1.165) is 42.9 Å². The van der Waals surface area contributed by atoms with E-state index in [1.165, 1.54) is 0 Å². The second-order valence-electron chi connectivity index (χ2n) is 5.82. The number of likely N-dealkylation sites (N-methyl/N-ethyl adjacent to an activating group) is 1. The molecule has 0 atom stereocenters. The molecule has 1 fully saturated rings. The van der Waals surface area contributed by atoms with Crippen molar-refractivity contribution < 1.29 is 4.79 Å². The third-order valence-corrected chi connectivity index (χ3v) is 4.16. The van der Waals surface area contributed by atoms with Crippen LogP contribution in [0.15, 0.2) is 48.8 Å². The van der Waals surface area contributed by atoms with Crippen molar-refractivity contribution in [1.29, 1.82) is 0 Å². The number of Topliss-reactive ketones (excluding diaryl/α,β-unsaturated/α-hetero) is 1. The van der Waals surface area contributed by atoms with Gasteiger partial charge in [-0.15, -0.1) is 0 Å². The molecule has 1 aliphatic rings. The van der Waals surface area contributed by atoms with Gasteiger partial charge in [-0.25, -0.2) is 0 Å². The fourth-order valence-corrected chi connectivity index (χ4v) is 2.68. The van der Waals surface area contributed by atoms with Gasteiger partial charge in [0.2, 0.25) is 0 Å². The Hall–Kier alpha value is -2.04. The first kappa shape index (κ1) is 14.9. The molecule has 1 aliphatic heterocycles. The molecule has 114 valence electrons. The predicted molar refractivity (Wildman–Crippen MR) is 87.9 cm³/mol. The molecule has 1 aromatic heterocycles. The van der Waals surface area contributed by atoms with Crippen LogP contribution in [0.25, 0.3) is 11.1 Å². The van der Waals surface area contributed by atoms with Crippen LogP contribution >= 0.6 is 0 Å². The number of rotatable bonds is 4. The van der Waals surface area contributed by atoms with Gasteiger partial charge in [-0.05, 0) is 24.2 Å². The Kier molecular flexibility index (Phi) is 4.61. The van der Waals surface area contributed by atoms with Gasteiger partial charge in [0.15, 0.2) is 5.78 Å². The fraction of sp³-hybridized carbons (Fsp3) is 0.333. The van der Waals surface area contributed by atoms with Crippen LogP contribution in [0, 0.1) is 0 Å².